The lowest BCUT2D eigenvalue weighted by molar-refractivity contribution is 0.340. The number of benzene rings is 1. The van der Waals surface area contributed by atoms with Crippen molar-refractivity contribution >= 4 is 28.5 Å². The van der Waals surface area contributed by atoms with Gasteiger partial charge in [0.15, 0.2) is 5.65 Å². The van der Waals surface area contributed by atoms with Gasteiger partial charge in [0.2, 0.25) is 5.95 Å². The van der Waals surface area contributed by atoms with Gasteiger partial charge in [0.25, 0.3) is 0 Å². The van der Waals surface area contributed by atoms with Crippen LogP contribution in [0.25, 0.3) is 11.0 Å². The van der Waals surface area contributed by atoms with Crippen LogP contribution in [-0.2, 0) is 0 Å². The quantitative estimate of drug-likeness (QED) is 0.667. The molecule has 0 bridgehead atoms. The number of aromatic nitrogens is 4. The van der Waals surface area contributed by atoms with E-state index < -0.39 is 0 Å². The monoisotopic (exact) mass is 284 g/mol. The third-order valence-corrected chi connectivity index (χ3v) is 2.96. The molecule has 21 heavy (non-hydrogen) atoms. The van der Waals surface area contributed by atoms with Crippen molar-refractivity contribution in [2.75, 3.05) is 24.3 Å². The van der Waals surface area contributed by atoms with Crippen molar-refractivity contribution in [3.63, 3.8) is 0 Å². The zero-order chi connectivity index (χ0) is 14.7. The average molecular weight is 284 g/mol. The normalized spacial score (nSPS) is 10.6. The Morgan fingerprint density at radius 1 is 1.19 bits per heavy atom. The van der Waals surface area contributed by atoms with E-state index in [2.05, 4.69) is 30.8 Å². The first-order valence-electron chi connectivity index (χ1n) is 6.69. The van der Waals surface area contributed by atoms with Gasteiger partial charge in [-0.3, -0.25) is 5.10 Å². The van der Waals surface area contributed by atoms with Gasteiger partial charge in [0.05, 0.1) is 18.2 Å². The highest BCUT2D eigenvalue weighted by Gasteiger charge is 2.09. The Balaban J connectivity index is 1.91. The molecule has 7 heteroatoms. The third kappa shape index (κ3) is 2.71. The Hall–Kier alpha value is -2.83. The van der Waals surface area contributed by atoms with Crippen LogP contribution in [0.5, 0.6) is 5.75 Å². The minimum absolute atomic E-state index is 0.528. The molecule has 3 aromatic rings. The zero-order valence-electron chi connectivity index (χ0n) is 11.8. The largest absolute Gasteiger partial charge is 0.494 e. The Labute approximate surface area is 121 Å². The number of aromatic amines is 1. The molecule has 0 aliphatic carbocycles. The summed E-state index contributed by atoms with van der Waals surface area (Å²) in [6.07, 6.45) is 1.70. The van der Waals surface area contributed by atoms with E-state index in [9.17, 15) is 0 Å². The standard InChI is InChI=1S/C14H16N6O/c1-3-21-10-6-4-9(5-7-10)17-12-11-8-16-20-13(11)19-14(15-2)18-12/h4-8H,3H2,1-2H3,(H3,15,16,17,18,19,20). The summed E-state index contributed by atoms with van der Waals surface area (Å²) in [5, 5.41) is 13.9. The van der Waals surface area contributed by atoms with E-state index in [1.807, 2.05) is 31.2 Å². The minimum Gasteiger partial charge on any atom is -0.494 e. The fraction of sp³-hybridized carbons (Fsp3) is 0.214. The number of nitrogens with one attached hydrogen (secondary N) is 3. The van der Waals surface area contributed by atoms with Gasteiger partial charge in [-0.1, -0.05) is 0 Å². The van der Waals surface area contributed by atoms with Crippen LogP contribution < -0.4 is 15.4 Å². The molecule has 0 fully saturated rings. The second-order valence-electron chi connectivity index (χ2n) is 4.36. The number of fused-ring (bicyclic) bond motifs is 1. The van der Waals surface area contributed by atoms with Crippen molar-refractivity contribution in [2.24, 2.45) is 0 Å². The van der Waals surface area contributed by atoms with E-state index in [0.717, 1.165) is 16.8 Å². The molecule has 0 unspecified atom stereocenters. The highest BCUT2D eigenvalue weighted by molar-refractivity contribution is 5.89. The zero-order valence-corrected chi connectivity index (χ0v) is 11.8. The van der Waals surface area contributed by atoms with Crippen LogP contribution >= 0.6 is 0 Å². The Bertz CT molecular complexity index is 737. The predicted molar refractivity (Wildman–Crippen MR) is 82.1 cm³/mol. The highest BCUT2D eigenvalue weighted by atomic mass is 16.5. The molecule has 1 aromatic carbocycles. The summed E-state index contributed by atoms with van der Waals surface area (Å²) in [6, 6.07) is 7.72. The van der Waals surface area contributed by atoms with Gasteiger partial charge in [-0.25, -0.2) is 0 Å². The molecule has 2 heterocycles. The molecule has 3 rings (SSSR count). The molecular weight excluding hydrogens is 268 g/mol. The highest BCUT2D eigenvalue weighted by Crippen LogP contribution is 2.24. The fourth-order valence-electron chi connectivity index (χ4n) is 1.98. The van der Waals surface area contributed by atoms with Crippen molar-refractivity contribution < 1.29 is 4.74 Å². The van der Waals surface area contributed by atoms with E-state index in [1.54, 1.807) is 13.2 Å². The maximum atomic E-state index is 5.43. The van der Waals surface area contributed by atoms with E-state index in [-0.39, 0.29) is 0 Å². The summed E-state index contributed by atoms with van der Waals surface area (Å²) >= 11 is 0. The summed E-state index contributed by atoms with van der Waals surface area (Å²) in [6.45, 7) is 2.61. The molecule has 108 valence electrons. The molecule has 0 amide bonds. The number of nitrogens with zero attached hydrogens (tertiary/aromatic N) is 3. The molecule has 0 aliphatic heterocycles. The van der Waals surface area contributed by atoms with Crippen LogP contribution in [0.15, 0.2) is 30.5 Å². The number of H-pyrrole nitrogens is 1. The first-order valence-corrected chi connectivity index (χ1v) is 6.69. The lowest BCUT2D eigenvalue weighted by atomic mass is 10.3. The molecule has 2 aromatic heterocycles. The second-order valence-corrected chi connectivity index (χ2v) is 4.36. The number of hydrogen-bond acceptors (Lipinski definition) is 6. The molecule has 0 radical (unpaired) electrons. The van der Waals surface area contributed by atoms with Gasteiger partial charge in [0, 0.05) is 12.7 Å². The average Bonchev–Trinajstić information content (AvgIpc) is 2.98. The van der Waals surface area contributed by atoms with Crippen LogP contribution in [0.3, 0.4) is 0 Å². The molecule has 0 saturated carbocycles. The summed E-state index contributed by atoms with van der Waals surface area (Å²) in [7, 11) is 1.78. The smallest absolute Gasteiger partial charge is 0.226 e. The van der Waals surface area contributed by atoms with Crippen molar-refractivity contribution in [1.82, 2.24) is 20.2 Å². The van der Waals surface area contributed by atoms with Gasteiger partial charge < -0.3 is 15.4 Å². The summed E-state index contributed by atoms with van der Waals surface area (Å²) in [5.74, 6) is 2.07. The molecule has 0 saturated heterocycles. The van der Waals surface area contributed by atoms with Gasteiger partial charge in [-0.05, 0) is 31.2 Å². The van der Waals surface area contributed by atoms with Gasteiger partial charge in [0.1, 0.15) is 11.6 Å². The topological polar surface area (TPSA) is 87.8 Å². The SMILES string of the molecule is CCOc1ccc(Nc2nc(NC)nc3[nH]ncc23)cc1. The Morgan fingerprint density at radius 3 is 2.71 bits per heavy atom. The number of anilines is 3. The molecule has 0 atom stereocenters. The lowest BCUT2D eigenvalue weighted by Crippen LogP contribution is -2.01. The van der Waals surface area contributed by atoms with Crippen molar-refractivity contribution in [1.29, 1.82) is 0 Å². The van der Waals surface area contributed by atoms with Crippen molar-refractivity contribution in [3.05, 3.63) is 30.5 Å². The third-order valence-electron chi connectivity index (χ3n) is 2.96. The van der Waals surface area contributed by atoms with Gasteiger partial charge >= 0.3 is 0 Å². The number of ether oxygens (including phenoxy) is 1. The van der Waals surface area contributed by atoms with Crippen LogP contribution in [0.2, 0.25) is 0 Å². The number of hydrogen-bond donors (Lipinski definition) is 3. The first-order chi connectivity index (χ1) is 10.3. The van der Waals surface area contributed by atoms with Crippen molar-refractivity contribution in [3.8, 4) is 5.75 Å². The van der Waals surface area contributed by atoms with E-state index >= 15 is 0 Å². The lowest BCUT2D eigenvalue weighted by Gasteiger charge is -2.09. The molecule has 7 nitrogen and oxygen atoms in total. The molecule has 3 N–H and O–H groups in total. The van der Waals surface area contributed by atoms with E-state index in [4.69, 9.17) is 4.74 Å². The Kier molecular flexibility index (Phi) is 3.55. The molecule has 0 aliphatic rings. The number of rotatable bonds is 5. The van der Waals surface area contributed by atoms with Crippen LogP contribution in [0.1, 0.15) is 6.92 Å². The fourth-order valence-corrected chi connectivity index (χ4v) is 1.98. The Morgan fingerprint density at radius 2 is 2.00 bits per heavy atom. The summed E-state index contributed by atoms with van der Waals surface area (Å²) < 4.78 is 5.43. The molecular formula is C14H16N6O. The van der Waals surface area contributed by atoms with E-state index in [0.29, 0.717) is 24.0 Å². The van der Waals surface area contributed by atoms with Crippen LogP contribution in [-0.4, -0.2) is 33.8 Å². The summed E-state index contributed by atoms with van der Waals surface area (Å²) in [5.41, 5.74) is 1.60. The first kappa shape index (κ1) is 13.2. The molecule has 0 spiro atoms. The maximum absolute atomic E-state index is 5.43. The van der Waals surface area contributed by atoms with Gasteiger partial charge in [-0.2, -0.15) is 15.1 Å². The van der Waals surface area contributed by atoms with E-state index in [1.165, 1.54) is 0 Å². The minimum atomic E-state index is 0.528. The predicted octanol–water partition coefficient (Wildman–Crippen LogP) is 2.54. The van der Waals surface area contributed by atoms with Crippen LogP contribution in [0.4, 0.5) is 17.5 Å². The second kappa shape index (κ2) is 5.66. The van der Waals surface area contributed by atoms with Crippen molar-refractivity contribution in [2.45, 2.75) is 6.92 Å². The summed E-state index contributed by atoms with van der Waals surface area (Å²) in [4.78, 5) is 8.72. The maximum Gasteiger partial charge on any atom is 0.226 e. The van der Waals surface area contributed by atoms with Gasteiger partial charge in [-0.15, -0.1) is 0 Å². The van der Waals surface area contributed by atoms with Crippen LogP contribution in [0, 0.1) is 0 Å².